The van der Waals surface area contributed by atoms with Crippen LogP contribution in [0.2, 0.25) is 0 Å². The molecule has 1 saturated carbocycles. The third-order valence-corrected chi connectivity index (χ3v) is 3.22. The molecule has 0 spiro atoms. The molecule has 1 amide bonds. The van der Waals surface area contributed by atoms with Crippen molar-refractivity contribution in [2.45, 2.75) is 46.1 Å². The van der Waals surface area contributed by atoms with Gasteiger partial charge in [0, 0.05) is 0 Å². The van der Waals surface area contributed by atoms with Gasteiger partial charge in [-0.3, -0.25) is 4.79 Å². The molecule has 2 rings (SSSR count). The molecule has 0 aromatic rings. The van der Waals surface area contributed by atoms with E-state index >= 15 is 0 Å². The molecule has 0 bridgehead atoms. The van der Waals surface area contributed by atoms with Gasteiger partial charge in [-0.2, -0.15) is 5.10 Å². The van der Waals surface area contributed by atoms with Crippen LogP contribution in [0.3, 0.4) is 0 Å². The highest BCUT2D eigenvalue weighted by molar-refractivity contribution is 6.06. The second-order valence-corrected chi connectivity index (χ2v) is 4.77. The van der Waals surface area contributed by atoms with E-state index in [2.05, 4.69) is 25.9 Å². The molecule has 1 aliphatic heterocycles. The van der Waals surface area contributed by atoms with E-state index in [4.69, 9.17) is 0 Å². The van der Waals surface area contributed by atoms with Crippen molar-refractivity contribution < 1.29 is 4.79 Å². The van der Waals surface area contributed by atoms with Crippen molar-refractivity contribution in [1.29, 1.82) is 0 Å². The van der Waals surface area contributed by atoms with E-state index in [0.717, 1.165) is 5.71 Å². The van der Waals surface area contributed by atoms with Crippen molar-refractivity contribution in [1.82, 2.24) is 5.01 Å². The molecule has 0 saturated heterocycles. The summed E-state index contributed by atoms with van der Waals surface area (Å²) in [7, 11) is 0. The van der Waals surface area contributed by atoms with Crippen LogP contribution in [0.25, 0.3) is 0 Å². The molecule has 1 heterocycles. The van der Waals surface area contributed by atoms with Crippen molar-refractivity contribution in [3.05, 3.63) is 0 Å². The molecule has 1 atom stereocenters. The lowest BCUT2D eigenvalue weighted by Crippen LogP contribution is -2.34. The van der Waals surface area contributed by atoms with Crippen molar-refractivity contribution in [2.24, 2.45) is 16.9 Å². The number of carbonyl (C=O) groups excluding carboxylic acids is 1. The summed E-state index contributed by atoms with van der Waals surface area (Å²) in [4.78, 5) is 11.7. The average molecular weight is 194 g/mol. The molecule has 3 heteroatoms. The van der Waals surface area contributed by atoms with Crippen LogP contribution in [-0.2, 0) is 4.79 Å². The Morgan fingerprint density at radius 2 is 2.00 bits per heavy atom. The molecule has 1 unspecified atom stereocenters. The van der Waals surface area contributed by atoms with Gasteiger partial charge in [0.2, 0.25) is 5.91 Å². The minimum Gasteiger partial charge on any atom is -0.273 e. The lowest BCUT2D eigenvalue weighted by atomic mass is 10.1. The second-order valence-electron chi connectivity index (χ2n) is 4.77. The fourth-order valence-corrected chi connectivity index (χ4v) is 1.71. The number of nitrogens with zero attached hydrogens (tertiary/aromatic N) is 2. The van der Waals surface area contributed by atoms with Crippen molar-refractivity contribution in [3.63, 3.8) is 0 Å². The van der Waals surface area contributed by atoms with Gasteiger partial charge in [0.15, 0.2) is 0 Å². The van der Waals surface area contributed by atoms with Crippen molar-refractivity contribution >= 4 is 11.6 Å². The first-order valence-electron chi connectivity index (χ1n) is 5.49. The van der Waals surface area contributed by atoms with Gasteiger partial charge in [0.05, 0.1) is 18.2 Å². The standard InChI is InChI=1S/C11H18N2O/c1-7(2)8(3)13-11(14)6-10(12-13)9-4-5-9/h7-9H,4-6H2,1-3H3. The Hall–Kier alpha value is -0.860. The van der Waals surface area contributed by atoms with Crippen LogP contribution in [-0.4, -0.2) is 22.7 Å². The molecule has 0 aromatic carbocycles. The molecule has 1 aliphatic carbocycles. The lowest BCUT2D eigenvalue weighted by Gasteiger charge is -2.23. The highest BCUT2D eigenvalue weighted by atomic mass is 16.2. The maximum absolute atomic E-state index is 11.7. The van der Waals surface area contributed by atoms with Gasteiger partial charge >= 0.3 is 0 Å². The summed E-state index contributed by atoms with van der Waals surface area (Å²) in [5, 5.41) is 6.15. The third kappa shape index (κ3) is 1.68. The Morgan fingerprint density at radius 3 is 2.50 bits per heavy atom. The Balaban J connectivity index is 2.07. The first kappa shape index (κ1) is 9.69. The smallest absolute Gasteiger partial charge is 0.248 e. The van der Waals surface area contributed by atoms with Crippen molar-refractivity contribution in [2.75, 3.05) is 0 Å². The van der Waals surface area contributed by atoms with Crippen molar-refractivity contribution in [3.8, 4) is 0 Å². The topological polar surface area (TPSA) is 32.7 Å². The molecular formula is C11H18N2O. The number of amides is 1. The minimum atomic E-state index is 0.188. The van der Waals surface area contributed by atoms with Crippen LogP contribution in [0.1, 0.15) is 40.0 Å². The molecule has 14 heavy (non-hydrogen) atoms. The largest absolute Gasteiger partial charge is 0.273 e. The van der Waals surface area contributed by atoms with E-state index in [1.54, 1.807) is 5.01 Å². The van der Waals surface area contributed by atoms with Gasteiger partial charge < -0.3 is 0 Å². The zero-order valence-corrected chi connectivity index (χ0v) is 9.16. The maximum atomic E-state index is 11.7. The van der Waals surface area contributed by atoms with E-state index in [0.29, 0.717) is 18.3 Å². The first-order chi connectivity index (χ1) is 6.59. The molecule has 78 valence electrons. The van der Waals surface area contributed by atoms with Gasteiger partial charge in [0.25, 0.3) is 0 Å². The van der Waals surface area contributed by atoms with Gasteiger partial charge in [0.1, 0.15) is 0 Å². The van der Waals surface area contributed by atoms with Gasteiger partial charge in [-0.1, -0.05) is 13.8 Å². The Kier molecular flexibility index (Phi) is 2.33. The van der Waals surface area contributed by atoms with Crippen LogP contribution in [0.5, 0.6) is 0 Å². The van der Waals surface area contributed by atoms with E-state index in [1.165, 1.54) is 12.8 Å². The molecule has 1 fully saturated rings. The fraction of sp³-hybridized carbons (Fsp3) is 0.818. The molecule has 0 N–H and O–H groups in total. The normalized spacial score (nSPS) is 24.4. The highest BCUT2D eigenvalue weighted by Gasteiger charge is 2.36. The summed E-state index contributed by atoms with van der Waals surface area (Å²) < 4.78 is 0. The number of rotatable bonds is 3. The lowest BCUT2D eigenvalue weighted by molar-refractivity contribution is -0.131. The number of hydrogen-bond acceptors (Lipinski definition) is 2. The summed E-state index contributed by atoms with van der Waals surface area (Å²) in [6.45, 7) is 6.33. The molecule has 2 aliphatic rings. The summed E-state index contributed by atoms with van der Waals surface area (Å²) in [6, 6.07) is 0.235. The summed E-state index contributed by atoms with van der Waals surface area (Å²) >= 11 is 0. The molecule has 0 radical (unpaired) electrons. The SMILES string of the molecule is CC(C)C(C)N1N=C(C2CC2)CC1=O. The quantitative estimate of drug-likeness (QED) is 0.676. The molecule has 3 nitrogen and oxygen atoms in total. The zero-order valence-electron chi connectivity index (χ0n) is 9.16. The molecule has 0 aromatic heterocycles. The van der Waals surface area contributed by atoms with Gasteiger partial charge in [-0.15, -0.1) is 0 Å². The van der Waals surface area contributed by atoms with Gasteiger partial charge in [-0.05, 0) is 31.6 Å². The predicted octanol–water partition coefficient (Wildman–Crippen LogP) is 2.03. The van der Waals surface area contributed by atoms with Crippen LogP contribution < -0.4 is 0 Å². The van der Waals surface area contributed by atoms with E-state index in [1.807, 2.05) is 0 Å². The first-order valence-corrected chi connectivity index (χ1v) is 5.49. The Labute approximate surface area is 85.2 Å². The van der Waals surface area contributed by atoms with Crippen LogP contribution in [0.15, 0.2) is 5.10 Å². The average Bonchev–Trinajstić information content (AvgIpc) is 2.89. The monoisotopic (exact) mass is 194 g/mol. The van der Waals surface area contributed by atoms with Crippen LogP contribution >= 0.6 is 0 Å². The van der Waals surface area contributed by atoms with E-state index in [9.17, 15) is 4.79 Å². The number of hydrazone groups is 1. The van der Waals surface area contributed by atoms with Crippen LogP contribution in [0, 0.1) is 11.8 Å². The highest BCUT2D eigenvalue weighted by Crippen LogP contribution is 2.35. The predicted molar refractivity (Wildman–Crippen MR) is 55.9 cm³/mol. The summed E-state index contributed by atoms with van der Waals surface area (Å²) in [5.74, 6) is 1.29. The Bertz CT molecular complexity index is 279. The van der Waals surface area contributed by atoms with E-state index < -0.39 is 0 Å². The Morgan fingerprint density at radius 1 is 1.36 bits per heavy atom. The number of carbonyl (C=O) groups is 1. The van der Waals surface area contributed by atoms with Gasteiger partial charge in [-0.25, -0.2) is 5.01 Å². The molecular weight excluding hydrogens is 176 g/mol. The fourth-order valence-electron chi connectivity index (χ4n) is 1.71. The van der Waals surface area contributed by atoms with E-state index in [-0.39, 0.29) is 11.9 Å². The summed E-state index contributed by atoms with van der Waals surface area (Å²) in [5.41, 5.74) is 1.13. The zero-order chi connectivity index (χ0) is 10.3. The third-order valence-electron chi connectivity index (χ3n) is 3.22. The second kappa shape index (κ2) is 3.37. The number of hydrogen-bond donors (Lipinski definition) is 0. The summed E-state index contributed by atoms with van der Waals surface area (Å²) in [6.07, 6.45) is 3.04. The maximum Gasteiger partial charge on any atom is 0.248 e. The minimum absolute atomic E-state index is 0.188. The van der Waals surface area contributed by atoms with Crippen LogP contribution in [0.4, 0.5) is 0 Å².